The number of carbonyl (C=O) groups excluding carboxylic acids is 2. The Labute approximate surface area is 152 Å². The Morgan fingerprint density at radius 3 is 2.64 bits per heavy atom. The summed E-state index contributed by atoms with van der Waals surface area (Å²) >= 11 is 0. The molecule has 25 heavy (non-hydrogen) atoms. The smallest absolute Gasteiger partial charge is 0.243 e. The van der Waals surface area contributed by atoms with Crippen LogP contribution in [0.15, 0.2) is 24.3 Å². The summed E-state index contributed by atoms with van der Waals surface area (Å²) < 4.78 is 18.5. The van der Waals surface area contributed by atoms with Gasteiger partial charge in [-0.2, -0.15) is 0 Å². The highest BCUT2D eigenvalue weighted by Gasteiger charge is 2.41. The minimum atomic E-state index is -0.927. The van der Waals surface area contributed by atoms with Gasteiger partial charge in [0.2, 0.25) is 11.8 Å². The third kappa shape index (κ3) is 4.48. The van der Waals surface area contributed by atoms with E-state index in [0.717, 1.165) is 5.56 Å². The molecule has 2 N–H and O–H groups in total. The lowest BCUT2D eigenvalue weighted by Crippen LogP contribution is -2.62. The van der Waals surface area contributed by atoms with Gasteiger partial charge in [0.15, 0.2) is 0 Å². The molecule has 2 fully saturated rings. The van der Waals surface area contributed by atoms with E-state index in [0.29, 0.717) is 45.7 Å². The molecule has 8 heteroatoms. The van der Waals surface area contributed by atoms with Crippen molar-refractivity contribution in [1.82, 2.24) is 9.80 Å². The predicted octanol–water partition coefficient (Wildman–Crippen LogP) is 0.926. The van der Waals surface area contributed by atoms with Gasteiger partial charge in [0, 0.05) is 32.8 Å². The van der Waals surface area contributed by atoms with Gasteiger partial charge in [-0.1, -0.05) is 12.1 Å². The van der Waals surface area contributed by atoms with E-state index in [-0.39, 0.29) is 36.6 Å². The minimum absolute atomic E-state index is 0. The number of ether oxygens (including phenoxy) is 1. The number of nitrogens with two attached hydrogens (primary N) is 1. The number of hydrogen-bond donors (Lipinski definition) is 1. The average molecular weight is 372 g/mol. The SMILES string of the molecule is Cl.NC1(C(=O)N2CCN(Cc3cccc(F)c3)C(=O)C2)CCOCC1. The summed E-state index contributed by atoms with van der Waals surface area (Å²) in [6, 6.07) is 6.20. The van der Waals surface area contributed by atoms with Crippen LogP contribution in [0.2, 0.25) is 0 Å². The van der Waals surface area contributed by atoms with Gasteiger partial charge in [-0.25, -0.2) is 4.39 Å². The van der Waals surface area contributed by atoms with Gasteiger partial charge in [-0.05, 0) is 30.5 Å². The van der Waals surface area contributed by atoms with Crippen LogP contribution < -0.4 is 5.73 Å². The Morgan fingerprint density at radius 2 is 2.00 bits per heavy atom. The second-order valence-electron chi connectivity index (χ2n) is 6.44. The molecule has 0 radical (unpaired) electrons. The molecule has 2 amide bonds. The molecule has 2 aliphatic heterocycles. The van der Waals surface area contributed by atoms with E-state index in [1.54, 1.807) is 17.0 Å². The summed E-state index contributed by atoms with van der Waals surface area (Å²) in [4.78, 5) is 28.2. The van der Waals surface area contributed by atoms with Crippen LogP contribution in [0.3, 0.4) is 0 Å². The van der Waals surface area contributed by atoms with Crippen LogP contribution in [0.25, 0.3) is 0 Å². The third-order valence-electron chi connectivity index (χ3n) is 4.68. The fourth-order valence-corrected chi connectivity index (χ4v) is 3.17. The Morgan fingerprint density at radius 1 is 1.28 bits per heavy atom. The highest BCUT2D eigenvalue weighted by atomic mass is 35.5. The molecule has 1 aromatic carbocycles. The van der Waals surface area contributed by atoms with Crippen LogP contribution in [0.4, 0.5) is 4.39 Å². The molecule has 0 aromatic heterocycles. The van der Waals surface area contributed by atoms with Crippen molar-refractivity contribution in [3.63, 3.8) is 0 Å². The second-order valence-corrected chi connectivity index (χ2v) is 6.44. The first-order chi connectivity index (χ1) is 11.5. The van der Waals surface area contributed by atoms with Crippen molar-refractivity contribution in [3.05, 3.63) is 35.6 Å². The normalized spacial score (nSPS) is 20.2. The van der Waals surface area contributed by atoms with E-state index in [2.05, 4.69) is 0 Å². The topological polar surface area (TPSA) is 75.9 Å². The third-order valence-corrected chi connectivity index (χ3v) is 4.68. The maximum atomic E-state index is 13.3. The Kier molecular flexibility index (Phi) is 6.37. The van der Waals surface area contributed by atoms with E-state index in [9.17, 15) is 14.0 Å². The zero-order chi connectivity index (χ0) is 17.2. The largest absolute Gasteiger partial charge is 0.381 e. The molecule has 6 nitrogen and oxygen atoms in total. The van der Waals surface area contributed by atoms with Crippen molar-refractivity contribution in [2.75, 3.05) is 32.8 Å². The maximum absolute atomic E-state index is 13.3. The first-order valence-electron chi connectivity index (χ1n) is 8.16. The zero-order valence-corrected chi connectivity index (χ0v) is 14.8. The van der Waals surface area contributed by atoms with Gasteiger partial charge in [0.05, 0.1) is 12.1 Å². The monoisotopic (exact) mass is 371 g/mol. The molecule has 2 saturated heterocycles. The number of rotatable bonds is 3. The highest BCUT2D eigenvalue weighted by Crippen LogP contribution is 2.22. The lowest BCUT2D eigenvalue weighted by Gasteiger charge is -2.40. The fourth-order valence-electron chi connectivity index (χ4n) is 3.17. The lowest BCUT2D eigenvalue weighted by atomic mass is 9.89. The summed E-state index contributed by atoms with van der Waals surface area (Å²) in [5.74, 6) is -0.641. The van der Waals surface area contributed by atoms with Crippen LogP contribution in [0.1, 0.15) is 18.4 Å². The van der Waals surface area contributed by atoms with Crippen molar-refractivity contribution >= 4 is 24.2 Å². The molecular weight excluding hydrogens is 349 g/mol. The number of benzene rings is 1. The second kappa shape index (κ2) is 8.12. The number of nitrogens with zero attached hydrogens (tertiary/aromatic N) is 2. The molecule has 2 aliphatic rings. The van der Waals surface area contributed by atoms with Gasteiger partial charge in [-0.3, -0.25) is 9.59 Å². The lowest BCUT2D eigenvalue weighted by molar-refractivity contribution is -0.150. The minimum Gasteiger partial charge on any atom is -0.381 e. The molecule has 2 heterocycles. The molecule has 3 rings (SSSR count). The number of amides is 2. The molecule has 138 valence electrons. The Bertz CT molecular complexity index is 637. The van der Waals surface area contributed by atoms with Crippen LogP contribution in [-0.4, -0.2) is 60.0 Å². The van der Waals surface area contributed by atoms with Gasteiger partial charge < -0.3 is 20.3 Å². The van der Waals surface area contributed by atoms with Gasteiger partial charge in [0.25, 0.3) is 0 Å². The summed E-state index contributed by atoms with van der Waals surface area (Å²) in [6.45, 7) is 2.17. The quantitative estimate of drug-likeness (QED) is 0.857. The van der Waals surface area contributed by atoms with Crippen LogP contribution >= 0.6 is 12.4 Å². The van der Waals surface area contributed by atoms with Crippen LogP contribution in [-0.2, 0) is 20.9 Å². The summed E-state index contributed by atoms with van der Waals surface area (Å²) in [7, 11) is 0. The van der Waals surface area contributed by atoms with E-state index in [4.69, 9.17) is 10.5 Å². The summed E-state index contributed by atoms with van der Waals surface area (Å²) in [5, 5.41) is 0. The van der Waals surface area contributed by atoms with Gasteiger partial charge in [0.1, 0.15) is 5.82 Å². The molecular formula is C17H23ClFN3O3. The van der Waals surface area contributed by atoms with Crippen LogP contribution in [0.5, 0.6) is 0 Å². The van der Waals surface area contributed by atoms with E-state index in [1.165, 1.54) is 17.0 Å². The standard InChI is InChI=1S/C17H22FN3O3.ClH/c18-14-3-1-2-13(10-14)11-20-6-7-21(12-15(20)22)16(23)17(19)4-8-24-9-5-17;/h1-3,10H,4-9,11-12,19H2;1H. The van der Waals surface area contributed by atoms with Crippen molar-refractivity contribution in [2.45, 2.75) is 24.9 Å². The van der Waals surface area contributed by atoms with Crippen molar-refractivity contribution in [1.29, 1.82) is 0 Å². The molecule has 0 saturated carbocycles. The van der Waals surface area contributed by atoms with Crippen molar-refractivity contribution in [3.8, 4) is 0 Å². The fraction of sp³-hybridized carbons (Fsp3) is 0.529. The molecule has 0 unspecified atom stereocenters. The maximum Gasteiger partial charge on any atom is 0.243 e. The first-order valence-corrected chi connectivity index (χ1v) is 8.16. The van der Waals surface area contributed by atoms with E-state index in [1.807, 2.05) is 0 Å². The summed E-state index contributed by atoms with van der Waals surface area (Å²) in [5.41, 5.74) is 6.03. The number of halogens is 2. The Hall–Kier alpha value is -1.70. The summed E-state index contributed by atoms with van der Waals surface area (Å²) in [6.07, 6.45) is 0.951. The van der Waals surface area contributed by atoms with E-state index >= 15 is 0 Å². The van der Waals surface area contributed by atoms with Crippen molar-refractivity contribution in [2.24, 2.45) is 5.73 Å². The highest BCUT2D eigenvalue weighted by molar-refractivity contribution is 5.91. The molecule has 0 atom stereocenters. The average Bonchev–Trinajstić information content (AvgIpc) is 2.57. The molecule has 1 aromatic rings. The van der Waals surface area contributed by atoms with E-state index < -0.39 is 5.54 Å². The van der Waals surface area contributed by atoms with Gasteiger partial charge in [-0.15, -0.1) is 12.4 Å². The molecule has 0 aliphatic carbocycles. The molecule has 0 bridgehead atoms. The number of hydrogen-bond acceptors (Lipinski definition) is 4. The van der Waals surface area contributed by atoms with Crippen molar-refractivity contribution < 1.29 is 18.7 Å². The zero-order valence-electron chi connectivity index (χ0n) is 13.9. The first kappa shape index (κ1) is 19.6. The predicted molar refractivity (Wildman–Crippen MR) is 92.6 cm³/mol. The Balaban J connectivity index is 0.00000225. The molecule has 0 spiro atoms. The van der Waals surface area contributed by atoms with Crippen LogP contribution in [0, 0.1) is 5.82 Å². The van der Waals surface area contributed by atoms with Gasteiger partial charge >= 0.3 is 0 Å². The number of piperazine rings is 1. The number of carbonyl (C=O) groups is 2.